The first-order valence-corrected chi connectivity index (χ1v) is 6.15. The minimum Gasteiger partial charge on any atom is -0.354 e. The van der Waals surface area contributed by atoms with Crippen LogP contribution < -0.4 is 10.9 Å². The average Bonchev–Trinajstić information content (AvgIpc) is 2.40. The molecule has 0 unspecified atom stereocenters. The van der Waals surface area contributed by atoms with Gasteiger partial charge in [0.05, 0.1) is 5.39 Å². The van der Waals surface area contributed by atoms with Crippen LogP contribution in [0.2, 0.25) is 0 Å². The molecule has 0 aromatic carbocycles. The van der Waals surface area contributed by atoms with Gasteiger partial charge < -0.3 is 5.32 Å². The van der Waals surface area contributed by atoms with Crippen LogP contribution in [0.25, 0.3) is 11.0 Å². The Kier molecular flexibility index (Phi) is 3.89. The predicted octanol–water partition coefficient (Wildman–Crippen LogP) is 0.564. The second-order valence-corrected chi connectivity index (χ2v) is 4.75. The number of fused-ring (bicyclic) bond motifs is 1. The highest BCUT2D eigenvalue weighted by Gasteiger charge is 2.08. The topological polar surface area (TPSA) is 76.9 Å². The number of nitrogens with one attached hydrogen (secondary N) is 1. The van der Waals surface area contributed by atoms with Crippen LogP contribution in [-0.2, 0) is 11.3 Å². The minimum atomic E-state index is -0.252. The van der Waals surface area contributed by atoms with Gasteiger partial charge >= 0.3 is 0 Å². The van der Waals surface area contributed by atoms with E-state index in [0.717, 1.165) is 0 Å². The molecular weight excluding hydrogens is 244 g/mol. The van der Waals surface area contributed by atoms with Crippen molar-refractivity contribution in [1.82, 2.24) is 19.9 Å². The lowest BCUT2D eigenvalue weighted by Gasteiger charge is -2.09. The SMILES string of the molecule is CC(C)CNC(=O)Cn1cnc2ncccc2c1=O. The maximum absolute atomic E-state index is 12.1. The first kappa shape index (κ1) is 13.2. The number of hydrogen-bond donors (Lipinski definition) is 1. The molecule has 2 rings (SSSR count). The molecule has 0 atom stereocenters. The highest BCUT2D eigenvalue weighted by Crippen LogP contribution is 2.00. The summed E-state index contributed by atoms with van der Waals surface area (Å²) in [6.07, 6.45) is 2.93. The van der Waals surface area contributed by atoms with E-state index in [1.165, 1.54) is 10.9 Å². The van der Waals surface area contributed by atoms with Crippen LogP contribution in [0.1, 0.15) is 13.8 Å². The lowest BCUT2D eigenvalue weighted by atomic mass is 10.2. The molecule has 2 aromatic rings. The van der Waals surface area contributed by atoms with Crippen LogP contribution in [0, 0.1) is 5.92 Å². The van der Waals surface area contributed by atoms with Gasteiger partial charge in [-0.15, -0.1) is 0 Å². The zero-order valence-electron chi connectivity index (χ0n) is 11.0. The number of hydrogen-bond acceptors (Lipinski definition) is 4. The zero-order chi connectivity index (χ0) is 13.8. The van der Waals surface area contributed by atoms with Gasteiger partial charge in [0.25, 0.3) is 5.56 Å². The summed E-state index contributed by atoms with van der Waals surface area (Å²) in [5.41, 5.74) is 0.143. The summed E-state index contributed by atoms with van der Waals surface area (Å²) < 4.78 is 1.29. The van der Waals surface area contributed by atoms with Crippen LogP contribution in [-0.4, -0.2) is 27.0 Å². The van der Waals surface area contributed by atoms with E-state index >= 15 is 0 Å². The molecule has 0 radical (unpaired) electrons. The molecule has 19 heavy (non-hydrogen) atoms. The van der Waals surface area contributed by atoms with Crippen LogP contribution in [0.3, 0.4) is 0 Å². The predicted molar refractivity (Wildman–Crippen MR) is 71.6 cm³/mol. The normalized spacial score (nSPS) is 10.9. The lowest BCUT2D eigenvalue weighted by molar-refractivity contribution is -0.121. The third kappa shape index (κ3) is 3.15. The average molecular weight is 260 g/mol. The lowest BCUT2D eigenvalue weighted by Crippen LogP contribution is -2.34. The number of rotatable bonds is 4. The molecule has 6 heteroatoms. The van der Waals surface area contributed by atoms with E-state index in [4.69, 9.17) is 0 Å². The van der Waals surface area contributed by atoms with Gasteiger partial charge in [0.2, 0.25) is 5.91 Å². The van der Waals surface area contributed by atoms with Crippen molar-refractivity contribution in [2.24, 2.45) is 5.92 Å². The van der Waals surface area contributed by atoms with Gasteiger partial charge in [-0.25, -0.2) is 9.97 Å². The van der Waals surface area contributed by atoms with Crippen molar-refractivity contribution < 1.29 is 4.79 Å². The molecule has 100 valence electrons. The van der Waals surface area contributed by atoms with E-state index in [0.29, 0.717) is 23.5 Å². The fourth-order valence-corrected chi connectivity index (χ4v) is 1.64. The Hall–Kier alpha value is -2.24. The van der Waals surface area contributed by atoms with Crippen molar-refractivity contribution in [2.75, 3.05) is 6.54 Å². The molecule has 0 aliphatic carbocycles. The summed E-state index contributed by atoms with van der Waals surface area (Å²) in [6, 6.07) is 3.33. The van der Waals surface area contributed by atoms with Gasteiger partial charge in [-0.05, 0) is 18.1 Å². The molecule has 0 aliphatic heterocycles. The Labute approximate surface area is 110 Å². The third-order valence-corrected chi connectivity index (χ3v) is 2.62. The number of aromatic nitrogens is 3. The Morgan fingerprint density at radius 3 is 2.95 bits per heavy atom. The fraction of sp³-hybridized carbons (Fsp3) is 0.385. The smallest absolute Gasteiger partial charge is 0.263 e. The highest BCUT2D eigenvalue weighted by molar-refractivity contribution is 5.77. The van der Waals surface area contributed by atoms with Crippen molar-refractivity contribution >= 4 is 16.9 Å². The highest BCUT2D eigenvalue weighted by atomic mass is 16.2. The summed E-state index contributed by atoms with van der Waals surface area (Å²) >= 11 is 0. The second-order valence-electron chi connectivity index (χ2n) is 4.75. The minimum absolute atomic E-state index is 0.0244. The Morgan fingerprint density at radius 1 is 1.42 bits per heavy atom. The standard InChI is InChI=1S/C13H16N4O2/c1-9(2)6-15-11(18)7-17-8-16-12-10(13(17)19)4-3-5-14-12/h3-5,8-9H,6-7H2,1-2H3,(H,15,18). The first-order valence-electron chi connectivity index (χ1n) is 6.15. The molecule has 0 aliphatic rings. The van der Waals surface area contributed by atoms with Crippen LogP contribution >= 0.6 is 0 Å². The summed E-state index contributed by atoms with van der Waals surface area (Å²) in [7, 11) is 0. The maximum atomic E-state index is 12.1. The molecule has 2 aromatic heterocycles. The number of carbonyl (C=O) groups is 1. The van der Waals surface area contributed by atoms with Gasteiger partial charge in [-0.3, -0.25) is 14.2 Å². The van der Waals surface area contributed by atoms with E-state index in [1.54, 1.807) is 18.3 Å². The number of pyridine rings is 1. The monoisotopic (exact) mass is 260 g/mol. The Bertz CT molecular complexity index is 648. The number of amides is 1. The third-order valence-electron chi connectivity index (χ3n) is 2.62. The number of nitrogens with zero attached hydrogens (tertiary/aromatic N) is 3. The molecule has 1 amide bonds. The van der Waals surface area contributed by atoms with Crippen LogP contribution in [0.15, 0.2) is 29.5 Å². The van der Waals surface area contributed by atoms with E-state index in [1.807, 2.05) is 13.8 Å². The van der Waals surface area contributed by atoms with Crippen molar-refractivity contribution in [3.8, 4) is 0 Å². The van der Waals surface area contributed by atoms with Crippen LogP contribution in [0.5, 0.6) is 0 Å². The largest absolute Gasteiger partial charge is 0.354 e. The molecule has 1 N–H and O–H groups in total. The molecule has 0 bridgehead atoms. The Balaban J connectivity index is 2.20. The molecule has 0 fully saturated rings. The molecule has 0 saturated heterocycles. The summed E-state index contributed by atoms with van der Waals surface area (Å²) in [4.78, 5) is 31.9. The van der Waals surface area contributed by atoms with Gasteiger partial charge in [-0.1, -0.05) is 13.8 Å². The van der Waals surface area contributed by atoms with E-state index in [9.17, 15) is 9.59 Å². The maximum Gasteiger partial charge on any atom is 0.263 e. The molecular formula is C13H16N4O2. The van der Waals surface area contributed by atoms with Crippen molar-refractivity contribution in [1.29, 1.82) is 0 Å². The Morgan fingerprint density at radius 2 is 2.21 bits per heavy atom. The van der Waals surface area contributed by atoms with Crippen LogP contribution in [0.4, 0.5) is 0 Å². The van der Waals surface area contributed by atoms with E-state index in [2.05, 4.69) is 15.3 Å². The van der Waals surface area contributed by atoms with E-state index in [-0.39, 0.29) is 18.0 Å². The molecule has 0 spiro atoms. The van der Waals surface area contributed by atoms with E-state index < -0.39 is 0 Å². The van der Waals surface area contributed by atoms with Crippen molar-refractivity contribution in [3.05, 3.63) is 35.0 Å². The number of carbonyl (C=O) groups excluding carboxylic acids is 1. The quantitative estimate of drug-likeness (QED) is 0.871. The molecule has 6 nitrogen and oxygen atoms in total. The second kappa shape index (κ2) is 5.60. The van der Waals surface area contributed by atoms with Gasteiger partial charge in [0.1, 0.15) is 12.9 Å². The fourth-order valence-electron chi connectivity index (χ4n) is 1.64. The first-order chi connectivity index (χ1) is 9.08. The zero-order valence-corrected chi connectivity index (χ0v) is 11.0. The summed E-state index contributed by atoms with van der Waals surface area (Å²) in [6.45, 7) is 4.59. The van der Waals surface area contributed by atoms with Crippen molar-refractivity contribution in [2.45, 2.75) is 20.4 Å². The molecule has 2 heterocycles. The van der Waals surface area contributed by atoms with Gasteiger partial charge in [0, 0.05) is 12.7 Å². The molecule has 0 saturated carbocycles. The summed E-state index contributed by atoms with van der Waals surface area (Å²) in [5.74, 6) is 0.181. The van der Waals surface area contributed by atoms with Crippen molar-refractivity contribution in [3.63, 3.8) is 0 Å². The summed E-state index contributed by atoms with van der Waals surface area (Å²) in [5, 5.41) is 3.18. The van der Waals surface area contributed by atoms with Gasteiger partial charge in [0.15, 0.2) is 5.65 Å². The van der Waals surface area contributed by atoms with Gasteiger partial charge in [-0.2, -0.15) is 0 Å².